The molecule has 37 heavy (non-hydrogen) atoms. The molecule has 0 aliphatic heterocycles. The molecule has 4 aromatic rings. The molecule has 4 nitrogen and oxygen atoms in total. The quantitative estimate of drug-likeness (QED) is 0.157. The van der Waals surface area contributed by atoms with E-state index in [1.165, 1.54) is 0 Å². The van der Waals surface area contributed by atoms with Crippen molar-refractivity contribution in [2.75, 3.05) is 13.2 Å². The van der Waals surface area contributed by atoms with Crippen molar-refractivity contribution in [1.29, 1.82) is 0 Å². The van der Waals surface area contributed by atoms with Gasteiger partial charge in [0.25, 0.3) is 0 Å². The van der Waals surface area contributed by atoms with Gasteiger partial charge in [0.1, 0.15) is 34.5 Å². The molecule has 0 saturated carbocycles. The highest BCUT2D eigenvalue weighted by Gasteiger charge is 2.04. The van der Waals surface area contributed by atoms with Crippen LogP contribution in [0.5, 0.6) is 34.5 Å². The zero-order valence-corrected chi connectivity index (χ0v) is 22.3. The van der Waals surface area contributed by atoms with Crippen molar-refractivity contribution < 1.29 is 18.9 Å². The molecule has 0 unspecified atom stereocenters. The van der Waals surface area contributed by atoms with Crippen LogP contribution in [0.25, 0.3) is 0 Å². The van der Waals surface area contributed by atoms with Crippen molar-refractivity contribution >= 4 is 11.8 Å². The maximum atomic E-state index is 5.98. The van der Waals surface area contributed by atoms with Gasteiger partial charge in [-0.2, -0.15) is 0 Å². The van der Waals surface area contributed by atoms with E-state index in [-0.39, 0.29) is 0 Å². The lowest BCUT2D eigenvalue weighted by Gasteiger charge is -2.10. The number of rotatable bonds is 14. The first-order chi connectivity index (χ1) is 18.2. The fourth-order valence-corrected chi connectivity index (χ4v) is 4.25. The summed E-state index contributed by atoms with van der Waals surface area (Å²) in [5.74, 6) is 4.92. The van der Waals surface area contributed by atoms with E-state index in [1.54, 1.807) is 11.8 Å². The molecule has 0 bridgehead atoms. The minimum Gasteiger partial charge on any atom is -0.494 e. The topological polar surface area (TPSA) is 36.9 Å². The van der Waals surface area contributed by atoms with E-state index >= 15 is 0 Å². The Labute approximate surface area is 224 Å². The van der Waals surface area contributed by atoms with E-state index in [0.717, 1.165) is 83.2 Å². The molecule has 0 saturated heterocycles. The first-order valence-electron chi connectivity index (χ1n) is 12.9. The molecule has 4 rings (SSSR count). The van der Waals surface area contributed by atoms with Gasteiger partial charge >= 0.3 is 0 Å². The van der Waals surface area contributed by atoms with Crippen LogP contribution in [-0.2, 0) is 0 Å². The third kappa shape index (κ3) is 8.80. The summed E-state index contributed by atoms with van der Waals surface area (Å²) >= 11 is 1.70. The van der Waals surface area contributed by atoms with Gasteiger partial charge in [-0.3, -0.25) is 0 Å². The van der Waals surface area contributed by atoms with Crippen LogP contribution in [0.2, 0.25) is 0 Å². The minimum atomic E-state index is 0.745. The average Bonchev–Trinajstić information content (AvgIpc) is 2.93. The Morgan fingerprint density at radius 1 is 0.432 bits per heavy atom. The Balaban J connectivity index is 1.25. The highest BCUT2D eigenvalue weighted by atomic mass is 32.2. The minimum absolute atomic E-state index is 0.745. The van der Waals surface area contributed by atoms with Crippen molar-refractivity contribution in [3.8, 4) is 34.5 Å². The molecule has 0 aliphatic carbocycles. The fraction of sp³-hybridized carbons (Fsp3) is 0.250. The van der Waals surface area contributed by atoms with Gasteiger partial charge in [0.15, 0.2) is 0 Å². The smallest absolute Gasteiger partial charge is 0.127 e. The molecule has 192 valence electrons. The molecule has 4 aromatic carbocycles. The zero-order valence-electron chi connectivity index (χ0n) is 21.5. The number of hydrogen-bond donors (Lipinski definition) is 0. The molecular formula is C32H34O4S. The summed E-state index contributed by atoms with van der Waals surface area (Å²) in [6.07, 6.45) is 4.37. The third-order valence-corrected chi connectivity index (χ3v) is 6.55. The number of hydrogen-bond acceptors (Lipinski definition) is 5. The molecule has 0 fully saturated rings. The summed E-state index contributed by atoms with van der Waals surface area (Å²) < 4.78 is 23.4. The van der Waals surface area contributed by atoms with E-state index in [1.807, 2.05) is 72.8 Å². The highest BCUT2D eigenvalue weighted by Crippen LogP contribution is 2.32. The van der Waals surface area contributed by atoms with Gasteiger partial charge in [-0.25, -0.2) is 0 Å². The molecular weight excluding hydrogens is 480 g/mol. The van der Waals surface area contributed by atoms with E-state index < -0.39 is 0 Å². The maximum Gasteiger partial charge on any atom is 0.127 e. The van der Waals surface area contributed by atoms with E-state index in [9.17, 15) is 0 Å². The third-order valence-electron chi connectivity index (χ3n) is 5.54. The van der Waals surface area contributed by atoms with E-state index in [0.29, 0.717) is 0 Å². The van der Waals surface area contributed by atoms with Gasteiger partial charge < -0.3 is 18.9 Å². The lowest BCUT2D eigenvalue weighted by atomic mass is 10.3. The molecule has 0 heterocycles. The largest absolute Gasteiger partial charge is 0.494 e. The van der Waals surface area contributed by atoms with Crippen LogP contribution in [0.1, 0.15) is 39.5 Å². The Morgan fingerprint density at radius 2 is 0.730 bits per heavy atom. The van der Waals surface area contributed by atoms with Crippen molar-refractivity contribution in [1.82, 2.24) is 0 Å². The van der Waals surface area contributed by atoms with Gasteiger partial charge in [-0.15, -0.1) is 0 Å². The SMILES string of the molecule is CCCCOc1ccc(Oc2ccc(Sc3ccc(Oc4ccc(OCCCC)cc4)cc3)cc2)cc1. The summed E-state index contributed by atoms with van der Waals surface area (Å²) in [5, 5.41) is 0. The summed E-state index contributed by atoms with van der Waals surface area (Å²) in [6, 6.07) is 31.7. The van der Waals surface area contributed by atoms with Crippen LogP contribution in [0.15, 0.2) is 107 Å². The fourth-order valence-electron chi connectivity index (χ4n) is 3.44. The van der Waals surface area contributed by atoms with Crippen molar-refractivity contribution in [2.24, 2.45) is 0 Å². The van der Waals surface area contributed by atoms with Crippen LogP contribution < -0.4 is 18.9 Å². The second-order valence-electron chi connectivity index (χ2n) is 8.60. The van der Waals surface area contributed by atoms with Crippen LogP contribution in [0, 0.1) is 0 Å². The number of benzene rings is 4. The van der Waals surface area contributed by atoms with Crippen LogP contribution in [0.4, 0.5) is 0 Å². The van der Waals surface area contributed by atoms with E-state index in [4.69, 9.17) is 18.9 Å². The van der Waals surface area contributed by atoms with Gasteiger partial charge in [-0.05, 0) is 110 Å². The van der Waals surface area contributed by atoms with Crippen LogP contribution in [-0.4, -0.2) is 13.2 Å². The van der Waals surface area contributed by atoms with Gasteiger partial charge in [0.05, 0.1) is 13.2 Å². The van der Waals surface area contributed by atoms with Crippen LogP contribution in [0.3, 0.4) is 0 Å². The molecule has 0 radical (unpaired) electrons. The summed E-state index contributed by atoms with van der Waals surface area (Å²) in [7, 11) is 0. The van der Waals surface area contributed by atoms with Gasteiger partial charge in [-0.1, -0.05) is 38.5 Å². The molecule has 5 heteroatoms. The standard InChI is InChI=1S/C32H34O4S/c1-3-5-23-33-25-7-11-27(12-8-25)35-29-15-19-31(20-16-29)37-32-21-17-30(18-22-32)36-28-13-9-26(10-14-28)34-24-6-4-2/h7-22H,3-6,23-24H2,1-2H3. The van der Waals surface area contributed by atoms with Crippen LogP contribution >= 0.6 is 11.8 Å². The normalized spacial score (nSPS) is 10.6. The number of ether oxygens (including phenoxy) is 4. The second kappa shape index (κ2) is 14.2. The Hall–Kier alpha value is -3.57. The predicted octanol–water partition coefficient (Wildman–Crippen LogP) is 9.78. The first-order valence-corrected chi connectivity index (χ1v) is 13.7. The molecule has 0 aliphatic rings. The zero-order chi connectivity index (χ0) is 25.7. The van der Waals surface area contributed by atoms with Crippen molar-refractivity contribution in [3.63, 3.8) is 0 Å². The summed E-state index contributed by atoms with van der Waals surface area (Å²) in [4.78, 5) is 2.28. The average molecular weight is 515 g/mol. The lowest BCUT2D eigenvalue weighted by Crippen LogP contribution is -1.96. The monoisotopic (exact) mass is 514 g/mol. The molecule has 0 atom stereocenters. The Kier molecular flexibility index (Phi) is 10.2. The second-order valence-corrected chi connectivity index (χ2v) is 9.74. The van der Waals surface area contributed by atoms with Crippen molar-refractivity contribution in [3.05, 3.63) is 97.1 Å². The molecule has 0 N–H and O–H groups in total. The van der Waals surface area contributed by atoms with Gasteiger partial charge in [0, 0.05) is 9.79 Å². The van der Waals surface area contributed by atoms with Gasteiger partial charge in [0.2, 0.25) is 0 Å². The molecule has 0 aromatic heterocycles. The Bertz CT molecular complexity index is 1090. The van der Waals surface area contributed by atoms with E-state index in [2.05, 4.69) is 38.1 Å². The maximum absolute atomic E-state index is 5.98. The predicted molar refractivity (Wildman–Crippen MR) is 151 cm³/mol. The number of unbranched alkanes of at least 4 members (excludes halogenated alkanes) is 2. The highest BCUT2D eigenvalue weighted by molar-refractivity contribution is 7.99. The Morgan fingerprint density at radius 3 is 1.05 bits per heavy atom. The van der Waals surface area contributed by atoms with Crippen molar-refractivity contribution in [2.45, 2.75) is 49.3 Å². The summed E-state index contributed by atoms with van der Waals surface area (Å²) in [5.41, 5.74) is 0. The first kappa shape index (κ1) is 26.5. The summed E-state index contributed by atoms with van der Waals surface area (Å²) in [6.45, 7) is 5.80. The lowest BCUT2D eigenvalue weighted by molar-refractivity contribution is 0.309. The molecule has 0 spiro atoms. The molecule has 0 amide bonds.